The Balaban J connectivity index is 1.59. The van der Waals surface area contributed by atoms with Crippen LogP contribution in [-0.2, 0) is 17.9 Å². The van der Waals surface area contributed by atoms with Crippen LogP contribution in [0.15, 0.2) is 42.7 Å². The van der Waals surface area contributed by atoms with Crippen LogP contribution in [0.1, 0.15) is 17.5 Å². The van der Waals surface area contributed by atoms with E-state index in [4.69, 9.17) is 0 Å². The van der Waals surface area contributed by atoms with Gasteiger partial charge < -0.3 is 10.4 Å². The molecule has 22 heavy (non-hydrogen) atoms. The van der Waals surface area contributed by atoms with Gasteiger partial charge in [0.05, 0.1) is 6.54 Å². The van der Waals surface area contributed by atoms with Crippen LogP contribution >= 0.6 is 11.8 Å². The van der Waals surface area contributed by atoms with Crippen molar-refractivity contribution in [3.63, 3.8) is 0 Å². The molecule has 1 aliphatic heterocycles. The Hall–Kier alpha value is -1.79. The van der Waals surface area contributed by atoms with Crippen molar-refractivity contribution in [2.75, 3.05) is 11.5 Å². The summed E-state index contributed by atoms with van der Waals surface area (Å²) in [5.74, 6) is 1.05. The van der Waals surface area contributed by atoms with Crippen molar-refractivity contribution >= 4 is 17.7 Å². The summed E-state index contributed by atoms with van der Waals surface area (Å²) in [6, 6.07) is 9.93. The molecule has 2 heterocycles. The van der Waals surface area contributed by atoms with Crippen LogP contribution in [0.3, 0.4) is 0 Å². The van der Waals surface area contributed by atoms with Crippen molar-refractivity contribution in [2.24, 2.45) is 0 Å². The maximum Gasteiger partial charge on any atom is 0.253 e. The number of aliphatic hydroxyl groups is 1. The number of nitrogens with one attached hydrogen (secondary N) is 1. The van der Waals surface area contributed by atoms with Gasteiger partial charge in [0, 0.05) is 24.7 Å². The number of carbonyl (C=O) groups is 1. The summed E-state index contributed by atoms with van der Waals surface area (Å²) in [6.07, 6.45) is 4.20. The first kappa shape index (κ1) is 15.1. The summed E-state index contributed by atoms with van der Waals surface area (Å²) in [5, 5.41) is 17.3. The second-order valence-electron chi connectivity index (χ2n) is 5.54. The van der Waals surface area contributed by atoms with E-state index in [-0.39, 0.29) is 5.91 Å². The molecule has 116 valence electrons. The molecule has 1 fully saturated rings. The maximum absolute atomic E-state index is 12.1. The third kappa shape index (κ3) is 3.51. The Bertz CT molecular complexity index is 637. The number of carbonyl (C=O) groups excluding carboxylic acids is 1. The van der Waals surface area contributed by atoms with Gasteiger partial charge in [-0.1, -0.05) is 24.3 Å². The molecule has 3 rings (SSSR count). The van der Waals surface area contributed by atoms with Crippen LogP contribution in [0.4, 0.5) is 0 Å². The largest absolute Gasteiger partial charge is 0.379 e. The fraction of sp³-hybridized carbons (Fsp3) is 0.375. The Kier molecular flexibility index (Phi) is 4.49. The van der Waals surface area contributed by atoms with Crippen molar-refractivity contribution in [1.29, 1.82) is 0 Å². The average molecular weight is 317 g/mol. The SMILES string of the molecule is O=C(NCc1cccc(Cn2cccn2)c1)C1(O)CCSC1. The highest BCUT2D eigenvalue weighted by molar-refractivity contribution is 7.99. The zero-order valence-corrected chi connectivity index (χ0v) is 13.1. The molecular formula is C16H19N3O2S. The van der Waals surface area contributed by atoms with Gasteiger partial charge in [0.25, 0.3) is 5.91 Å². The minimum Gasteiger partial charge on any atom is -0.379 e. The lowest BCUT2D eigenvalue weighted by atomic mass is 10.0. The molecule has 1 amide bonds. The molecule has 0 bridgehead atoms. The van der Waals surface area contributed by atoms with Crippen molar-refractivity contribution in [3.8, 4) is 0 Å². The quantitative estimate of drug-likeness (QED) is 0.875. The monoisotopic (exact) mass is 317 g/mol. The number of thioether (sulfide) groups is 1. The van der Waals surface area contributed by atoms with Gasteiger partial charge in [-0.2, -0.15) is 16.9 Å². The van der Waals surface area contributed by atoms with E-state index in [0.717, 1.165) is 16.9 Å². The third-order valence-electron chi connectivity index (χ3n) is 3.77. The van der Waals surface area contributed by atoms with Crippen LogP contribution in [0.5, 0.6) is 0 Å². The van der Waals surface area contributed by atoms with E-state index in [2.05, 4.69) is 16.5 Å². The lowest BCUT2D eigenvalue weighted by Crippen LogP contribution is -2.46. The molecule has 6 heteroatoms. The molecule has 2 N–H and O–H groups in total. The molecule has 1 aromatic carbocycles. The highest BCUT2D eigenvalue weighted by atomic mass is 32.2. The fourth-order valence-electron chi connectivity index (χ4n) is 2.50. The molecule has 1 unspecified atom stereocenters. The first-order valence-corrected chi connectivity index (χ1v) is 8.45. The number of nitrogens with zero attached hydrogens (tertiary/aromatic N) is 2. The van der Waals surface area contributed by atoms with E-state index in [1.807, 2.05) is 35.1 Å². The molecule has 0 spiro atoms. The number of rotatable bonds is 5. The molecule has 1 saturated heterocycles. The van der Waals surface area contributed by atoms with Gasteiger partial charge >= 0.3 is 0 Å². The lowest BCUT2D eigenvalue weighted by molar-refractivity contribution is -0.137. The third-order valence-corrected chi connectivity index (χ3v) is 4.95. The van der Waals surface area contributed by atoms with Crippen LogP contribution in [0.2, 0.25) is 0 Å². The van der Waals surface area contributed by atoms with Crippen LogP contribution in [-0.4, -0.2) is 37.9 Å². The van der Waals surface area contributed by atoms with E-state index in [9.17, 15) is 9.90 Å². The molecule has 0 radical (unpaired) electrons. The van der Waals surface area contributed by atoms with E-state index >= 15 is 0 Å². The van der Waals surface area contributed by atoms with Gasteiger partial charge in [0.1, 0.15) is 0 Å². The fourth-order valence-corrected chi connectivity index (χ4v) is 3.74. The van der Waals surface area contributed by atoms with E-state index in [1.54, 1.807) is 18.0 Å². The zero-order chi connectivity index (χ0) is 15.4. The van der Waals surface area contributed by atoms with Gasteiger partial charge in [-0.3, -0.25) is 9.48 Å². The highest BCUT2D eigenvalue weighted by Crippen LogP contribution is 2.27. The van der Waals surface area contributed by atoms with Crippen molar-refractivity contribution in [1.82, 2.24) is 15.1 Å². The molecule has 0 aliphatic carbocycles. The van der Waals surface area contributed by atoms with E-state index in [1.165, 1.54) is 0 Å². The summed E-state index contributed by atoms with van der Waals surface area (Å²) < 4.78 is 1.86. The molecular weight excluding hydrogens is 298 g/mol. The summed E-state index contributed by atoms with van der Waals surface area (Å²) in [4.78, 5) is 12.1. The number of hydrogen-bond donors (Lipinski definition) is 2. The van der Waals surface area contributed by atoms with Crippen LogP contribution in [0.25, 0.3) is 0 Å². The predicted molar refractivity (Wildman–Crippen MR) is 86.5 cm³/mol. The standard InChI is InChI=1S/C16H19N3O2S/c20-15(16(21)5-8-22-12-16)17-10-13-3-1-4-14(9-13)11-19-7-2-6-18-19/h1-4,6-7,9,21H,5,8,10-12H2,(H,17,20). The first-order valence-electron chi connectivity index (χ1n) is 7.29. The van der Waals surface area contributed by atoms with Crippen LogP contribution < -0.4 is 5.32 Å². The highest BCUT2D eigenvalue weighted by Gasteiger charge is 2.39. The second kappa shape index (κ2) is 6.54. The second-order valence-corrected chi connectivity index (χ2v) is 6.65. The number of amides is 1. The molecule has 2 aromatic rings. The summed E-state index contributed by atoms with van der Waals surface area (Å²) in [5.41, 5.74) is 0.954. The molecule has 0 saturated carbocycles. The number of benzene rings is 1. The maximum atomic E-state index is 12.1. The lowest BCUT2D eigenvalue weighted by Gasteiger charge is -2.20. The number of aromatic nitrogens is 2. The van der Waals surface area contributed by atoms with Gasteiger partial charge in [-0.25, -0.2) is 0 Å². The average Bonchev–Trinajstić information content (AvgIpc) is 3.18. The first-order chi connectivity index (χ1) is 10.7. The smallest absolute Gasteiger partial charge is 0.253 e. The minimum absolute atomic E-state index is 0.269. The molecule has 5 nitrogen and oxygen atoms in total. The molecule has 1 atom stereocenters. The van der Waals surface area contributed by atoms with Crippen molar-refractivity contribution in [3.05, 3.63) is 53.9 Å². The van der Waals surface area contributed by atoms with E-state index in [0.29, 0.717) is 25.3 Å². The minimum atomic E-state index is -1.20. The van der Waals surface area contributed by atoms with Crippen LogP contribution in [0, 0.1) is 0 Å². The number of hydrogen-bond acceptors (Lipinski definition) is 4. The Morgan fingerprint density at radius 3 is 3.00 bits per heavy atom. The topological polar surface area (TPSA) is 67.2 Å². The normalized spacial score (nSPS) is 21.0. The van der Waals surface area contributed by atoms with Gasteiger partial charge in [-0.05, 0) is 29.4 Å². The Morgan fingerprint density at radius 1 is 1.41 bits per heavy atom. The summed E-state index contributed by atoms with van der Waals surface area (Å²) in [6.45, 7) is 1.13. The molecule has 1 aromatic heterocycles. The van der Waals surface area contributed by atoms with Gasteiger partial charge in [0.2, 0.25) is 0 Å². The summed E-state index contributed by atoms with van der Waals surface area (Å²) in [7, 11) is 0. The summed E-state index contributed by atoms with van der Waals surface area (Å²) >= 11 is 1.62. The Labute approximate surface area is 133 Å². The van der Waals surface area contributed by atoms with Crippen molar-refractivity contribution < 1.29 is 9.90 Å². The van der Waals surface area contributed by atoms with Gasteiger partial charge in [0.15, 0.2) is 5.60 Å². The Morgan fingerprint density at radius 2 is 2.27 bits per heavy atom. The zero-order valence-electron chi connectivity index (χ0n) is 12.2. The molecule has 1 aliphatic rings. The van der Waals surface area contributed by atoms with E-state index < -0.39 is 5.60 Å². The van der Waals surface area contributed by atoms with Gasteiger partial charge in [-0.15, -0.1) is 0 Å². The van der Waals surface area contributed by atoms with Crippen molar-refractivity contribution in [2.45, 2.75) is 25.1 Å². The predicted octanol–water partition coefficient (Wildman–Crippen LogP) is 1.42.